The molecular weight excluding hydrogens is 463 g/mol. The zero-order chi connectivity index (χ0) is 19.5. The van der Waals surface area contributed by atoms with Gasteiger partial charge in [0.25, 0.3) is 0 Å². The van der Waals surface area contributed by atoms with Crippen LogP contribution < -0.4 is 15.5 Å². The number of piperazine rings is 1. The van der Waals surface area contributed by atoms with Gasteiger partial charge >= 0.3 is 0 Å². The average molecular weight is 502 g/mol. The van der Waals surface area contributed by atoms with Crippen LogP contribution in [0.2, 0.25) is 0 Å². The van der Waals surface area contributed by atoms with Crippen LogP contribution >= 0.6 is 24.0 Å². The standard InChI is InChI=1S/C21H38N6.HI/c1-5-6-7-8-9-18(2)25-21(22-3)24-17-19-10-11-23-20(16-19)27-14-12-26(4)13-15-27;/h10-11,16,18H,5-9,12-15,17H2,1-4H3,(H2,22,24,25);1H. The minimum Gasteiger partial charge on any atom is -0.354 e. The number of unbranched alkanes of at least 4 members (excludes halogenated alkanes) is 3. The molecule has 0 radical (unpaired) electrons. The first-order valence-corrected chi connectivity index (χ1v) is 10.5. The first kappa shape index (κ1) is 24.9. The van der Waals surface area contributed by atoms with Crippen molar-refractivity contribution in [3.8, 4) is 0 Å². The molecule has 1 aliphatic heterocycles. The van der Waals surface area contributed by atoms with E-state index in [1.165, 1.54) is 37.7 Å². The predicted molar refractivity (Wildman–Crippen MR) is 131 cm³/mol. The van der Waals surface area contributed by atoms with Crippen molar-refractivity contribution >= 4 is 35.8 Å². The third-order valence-electron chi connectivity index (χ3n) is 5.19. The molecule has 1 atom stereocenters. The first-order valence-electron chi connectivity index (χ1n) is 10.5. The SMILES string of the molecule is CCCCCCC(C)NC(=NC)NCc1ccnc(N2CCN(C)CC2)c1.I. The fourth-order valence-corrected chi connectivity index (χ4v) is 3.34. The van der Waals surface area contributed by atoms with Gasteiger partial charge in [0.1, 0.15) is 5.82 Å². The third kappa shape index (κ3) is 8.94. The molecule has 0 bridgehead atoms. The number of anilines is 1. The zero-order valence-electron chi connectivity index (χ0n) is 18.1. The molecule has 1 aliphatic rings. The quantitative estimate of drug-likeness (QED) is 0.235. The number of pyridine rings is 1. The summed E-state index contributed by atoms with van der Waals surface area (Å²) < 4.78 is 0. The van der Waals surface area contributed by atoms with Gasteiger partial charge < -0.3 is 20.4 Å². The molecule has 1 aromatic heterocycles. The Morgan fingerprint density at radius 2 is 1.96 bits per heavy atom. The average Bonchev–Trinajstić information content (AvgIpc) is 2.69. The summed E-state index contributed by atoms with van der Waals surface area (Å²) >= 11 is 0. The highest BCUT2D eigenvalue weighted by atomic mass is 127. The van der Waals surface area contributed by atoms with E-state index in [1.54, 1.807) is 0 Å². The van der Waals surface area contributed by atoms with Gasteiger partial charge in [-0.1, -0.05) is 32.6 Å². The monoisotopic (exact) mass is 502 g/mol. The van der Waals surface area contributed by atoms with Crippen molar-refractivity contribution in [2.45, 2.75) is 58.5 Å². The Kier molecular flexibility index (Phi) is 12.5. The van der Waals surface area contributed by atoms with Gasteiger partial charge in [0.05, 0.1) is 0 Å². The van der Waals surface area contributed by atoms with Crippen molar-refractivity contribution in [2.75, 3.05) is 45.2 Å². The Bertz CT molecular complexity index is 572. The molecule has 1 saturated heterocycles. The van der Waals surface area contributed by atoms with Crippen LogP contribution in [0.4, 0.5) is 5.82 Å². The molecule has 1 fully saturated rings. The Morgan fingerprint density at radius 3 is 2.64 bits per heavy atom. The van der Waals surface area contributed by atoms with Crippen LogP contribution in [0.15, 0.2) is 23.3 Å². The van der Waals surface area contributed by atoms with E-state index in [0.29, 0.717) is 6.04 Å². The summed E-state index contributed by atoms with van der Waals surface area (Å²) in [5.41, 5.74) is 1.23. The number of aliphatic imine (C=N–C) groups is 1. The summed E-state index contributed by atoms with van der Waals surface area (Å²) in [6, 6.07) is 4.71. The highest BCUT2D eigenvalue weighted by Crippen LogP contribution is 2.14. The molecule has 6 nitrogen and oxygen atoms in total. The molecule has 28 heavy (non-hydrogen) atoms. The molecule has 2 rings (SSSR count). The van der Waals surface area contributed by atoms with Gasteiger partial charge in [-0.2, -0.15) is 0 Å². The topological polar surface area (TPSA) is 55.8 Å². The minimum absolute atomic E-state index is 0. The van der Waals surface area contributed by atoms with Gasteiger partial charge in [0.15, 0.2) is 5.96 Å². The molecule has 7 heteroatoms. The summed E-state index contributed by atoms with van der Waals surface area (Å²) in [5.74, 6) is 1.95. The lowest BCUT2D eigenvalue weighted by atomic mass is 10.1. The second-order valence-corrected chi connectivity index (χ2v) is 7.63. The lowest BCUT2D eigenvalue weighted by Crippen LogP contribution is -2.45. The molecule has 0 spiro atoms. The second-order valence-electron chi connectivity index (χ2n) is 7.63. The van der Waals surface area contributed by atoms with Crippen LogP contribution in [0, 0.1) is 0 Å². The predicted octanol–water partition coefficient (Wildman–Crippen LogP) is 3.48. The van der Waals surface area contributed by atoms with Gasteiger partial charge in [-0.15, -0.1) is 24.0 Å². The van der Waals surface area contributed by atoms with Crippen LogP contribution in [0.1, 0.15) is 51.5 Å². The van der Waals surface area contributed by atoms with E-state index in [-0.39, 0.29) is 24.0 Å². The van der Waals surface area contributed by atoms with Gasteiger partial charge in [-0.25, -0.2) is 4.98 Å². The maximum atomic E-state index is 4.57. The summed E-state index contributed by atoms with van der Waals surface area (Å²) in [6.07, 6.45) is 8.31. The van der Waals surface area contributed by atoms with Crippen molar-refractivity contribution in [1.29, 1.82) is 0 Å². The molecule has 1 unspecified atom stereocenters. The van der Waals surface area contributed by atoms with Crippen molar-refractivity contribution < 1.29 is 0 Å². The van der Waals surface area contributed by atoms with E-state index < -0.39 is 0 Å². The van der Waals surface area contributed by atoms with E-state index in [9.17, 15) is 0 Å². The van der Waals surface area contributed by atoms with Crippen molar-refractivity contribution in [3.63, 3.8) is 0 Å². The molecule has 2 heterocycles. The number of rotatable bonds is 9. The Hall–Kier alpha value is -1.09. The van der Waals surface area contributed by atoms with Crippen LogP contribution in [-0.4, -0.2) is 62.2 Å². The highest BCUT2D eigenvalue weighted by Gasteiger charge is 2.15. The largest absolute Gasteiger partial charge is 0.354 e. The normalized spacial score (nSPS) is 16.4. The number of halogens is 1. The number of likely N-dealkylation sites (N-methyl/N-ethyl adjacent to an activating group) is 1. The third-order valence-corrected chi connectivity index (χ3v) is 5.19. The molecule has 2 N–H and O–H groups in total. The van der Waals surface area contributed by atoms with Crippen molar-refractivity contribution in [2.24, 2.45) is 4.99 Å². The van der Waals surface area contributed by atoms with Gasteiger partial charge in [0.2, 0.25) is 0 Å². The van der Waals surface area contributed by atoms with Gasteiger partial charge in [-0.3, -0.25) is 4.99 Å². The van der Waals surface area contributed by atoms with Crippen LogP contribution in [0.5, 0.6) is 0 Å². The number of aromatic nitrogens is 1. The molecule has 0 saturated carbocycles. The Morgan fingerprint density at radius 1 is 1.21 bits per heavy atom. The molecule has 0 aromatic carbocycles. The summed E-state index contributed by atoms with van der Waals surface area (Å²) in [5, 5.41) is 6.94. The van der Waals surface area contributed by atoms with E-state index in [4.69, 9.17) is 0 Å². The molecule has 1 aromatic rings. The molecule has 0 amide bonds. The number of hydrogen-bond donors (Lipinski definition) is 2. The maximum Gasteiger partial charge on any atom is 0.191 e. The molecule has 160 valence electrons. The van der Waals surface area contributed by atoms with Gasteiger partial charge in [-0.05, 0) is 38.1 Å². The number of nitrogens with one attached hydrogen (secondary N) is 2. The summed E-state index contributed by atoms with van der Waals surface area (Å²) in [7, 11) is 4.01. The highest BCUT2D eigenvalue weighted by molar-refractivity contribution is 14.0. The number of nitrogens with zero attached hydrogens (tertiary/aromatic N) is 4. The molecule has 0 aliphatic carbocycles. The zero-order valence-corrected chi connectivity index (χ0v) is 20.4. The van der Waals surface area contributed by atoms with Crippen molar-refractivity contribution in [1.82, 2.24) is 20.5 Å². The minimum atomic E-state index is 0. The first-order chi connectivity index (χ1) is 13.1. The van der Waals surface area contributed by atoms with Crippen molar-refractivity contribution in [3.05, 3.63) is 23.9 Å². The number of hydrogen-bond acceptors (Lipinski definition) is 4. The van der Waals surface area contributed by atoms with Crippen LogP contribution in [0.3, 0.4) is 0 Å². The summed E-state index contributed by atoms with van der Waals surface area (Å²) in [6.45, 7) is 9.51. The lowest BCUT2D eigenvalue weighted by molar-refractivity contribution is 0.312. The molecular formula is C21H39IN6. The van der Waals surface area contributed by atoms with E-state index in [2.05, 4.69) is 63.4 Å². The fourth-order valence-electron chi connectivity index (χ4n) is 3.34. The van der Waals surface area contributed by atoms with E-state index in [0.717, 1.165) is 44.5 Å². The lowest BCUT2D eigenvalue weighted by Gasteiger charge is -2.33. The number of guanidine groups is 1. The summed E-state index contributed by atoms with van der Waals surface area (Å²) in [4.78, 5) is 13.7. The maximum absolute atomic E-state index is 4.57. The van der Waals surface area contributed by atoms with E-state index >= 15 is 0 Å². The fraction of sp³-hybridized carbons (Fsp3) is 0.714. The van der Waals surface area contributed by atoms with Crippen LogP contribution in [0.25, 0.3) is 0 Å². The van der Waals surface area contributed by atoms with Gasteiger partial charge in [0, 0.05) is 52.0 Å². The van der Waals surface area contributed by atoms with Crippen LogP contribution in [-0.2, 0) is 6.54 Å². The second kappa shape index (κ2) is 14.0. The smallest absolute Gasteiger partial charge is 0.191 e. The van der Waals surface area contributed by atoms with E-state index in [1.807, 2.05) is 13.2 Å². The Labute approximate surface area is 188 Å². The Balaban J connectivity index is 0.00000392.